The van der Waals surface area contributed by atoms with Gasteiger partial charge < -0.3 is 16.0 Å². The van der Waals surface area contributed by atoms with Crippen molar-refractivity contribution in [2.24, 2.45) is 5.73 Å². The van der Waals surface area contributed by atoms with Crippen molar-refractivity contribution in [3.8, 4) is 0 Å². The number of piperidine rings is 1. The molecule has 0 aromatic heterocycles. The summed E-state index contributed by atoms with van der Waals surface area (Å²) in [5.74, 6) is -0.387. The van der Waals surface area contributed by atoms with E-state index in [0.29, 0.717) is 24.3 Å². The molecule has 0 saturated carbocycles. The van der Waals surface area contributed by atoms with E-state index in [-0.39, 0.29) is 11.6 Å². The number of hydrogen-bond acceptors (Lipinski definition) is 5. The van der Waals surface area contributed by atoms with Crippen LogP contribution in [0, 0.1) is 10.1 Å². The SMILES string of the molecule is CNc1cc(N2CCCCC2C(N)=O)cc([N+](=O)[O-])c1. The van der Waals surface area contributed by atoms with E-state index >= 15 is 0 Å². The van der Waals surface area contributed by atoms with Crippen molar-refractivity contribution < 1.29 is 9.72 Å². The third-order valence-electron chi connectivity index (χ3n) is 3.56. The Kier molecular flexibility index (Phi) is 4.07. The van der Waals surface area contributed by atoms with E-state index in [1.807, 2.05) is 4.90 Å². The molecular weight excluding hydrogens is 260 g/mol. The molecule has 0 spiro atoms. The number of carbonyl (C=O) groups is 1. The summed E-state index contributed by atoms with van der Waals surface area (Å²) in [5, 5.41) is 13.9. The van der Waals surface area contributed by atoms with Gasteiger partial charge in [0, 0.05) is 37.1 Å². The van der Waals surface area contributed by atoms with E-state index < -0.39 is 11.0 Å². The summed E-state index contributed by atoms with van der Waals surface area (Å²) >= 11 is 0. The van der Waals surface area contributed by atoms with E-state index in [1.165, 1.54) is 12.1 Å². The monoisotopic (exact) mass is 278 g/mol. The van der Waals surface area contributed by atoms with Gasteiger partial charge in [-0.15, -0.1) is 0 Å². The lowest BCUT2D eigenvalue weighted by Crippen LogP contribution is -2.47. The minimum absolute atomic E-state index is 0.000596. The van der Waals surface area contributed by atoms with Crippen LogP contribution in [-0.2, 0) is 4.79 Å². The second kappa shape index (κ2) is 5.77. The number of carbonyl (C=O) groups excluding carboxylic acids is 1. The van der Waals surface area contributed by atoms with Gasteiger partial charge in [-0.25, -0.2) is 0 Å². The second-order valence-corrected chi connectivity index (χ2v) is 4.85. The highest BCUT2D eigenvalue weighted by Crippen LogP contribution is 2.31. The molecule has 1 fully saturated rings. The normalized spacial score (nSPS) is 18.6. The molecule has 0 aliphatic carbocycles. The first-order chi connectivity index (χ1) is 9.52. The zero-order chi connectivity index (χ0) is 14.7. The predicted octanol–water partition coefficient (Wildman–Crippen LogP) is 1.48. The average molecular weight is 278 g/mol. The van der Waals surface area contributed by atoms with Gasteiger partial charge in [-0.3, -0.25) is 14.9 Å². The Bertz CT molecular complexity index is 532. The number of amides is 1. The van der Waals surface area contributed by atoms with Gasteiger partial charge >= 0.3 is 0 Å². The molecule has 1 heterocycles. The highest BCUT2D eigenvalue weighted by atomic mass is 16.6. The topological polar surface area (TPSA) is 102 Å². The van der Waals surface area contributed by atoms with Crippen LogP contribution in [0.25, 0.3) is 0 Å². The third kappa shape index (κ3) is 2.81. The van der Waals surface area contributed by atoms with Crippen LogP contribution in [0.3, 0.4) is 0 Å². The van der Waals surface area contributed by atoms with Gasteiger partial charge in [0.05, 0.1) is 4.92 Å². The molecule has 3 N–H and O–H groups in total. The van der Waals surface area contributed by atoms with E-state index in [4.69, 9.17) is 5.73 Å². The molecule has 1 aliphatic heterocycles. The average Bonchev–Trinajstić information content (AvgIpc) is 2.46. The summed E-state index contributed by atoms with van der Waals surface area (Å²) in [6.07, 6.45) is 2.58. The van der Waals surface area contributed by atoms with E-state index in [1.54, 1.807) is 13.1 Å². The summed E-state index contributed by atoms with van der Waals surface area (Å²) in [5.41, 5.74) is 6.73. The summed E-state index contributed by atoms with van der Waals surface area (Å²) in [6.45, 7) is 0.679. The summed E-state index contributed by atoms with van der Waals surface area (Å²) in [4.78, 5) is 24.0. The van der Waals surface area contributed by atoms with Gasteiger partial charge in [0.25, 0.3) is 5.69 Å². The van der Waals surface area contributed by atoms with Gasteiger partial charge in [-0.1, -0.05) is 0 Å². The number of primary amides is 1. The molecule has 1 aromatic rings. The molecule has 0 radical (unpaired) electrons. The van der Waals surface area contributed by atoms with E-state index in [2.05, 4.69) is 5.32 Å². The molecule has 1 unspecified atom stereocenters. The number of anilines is 2. The molecule has 1 amide bonds. The number of nitro groups is 1. The van der Waals surface area contributed by atoms with Crippen LogP contribution >= 0.6 is 0 Å². The molecule has 7 heteroatoms. The number of nitro benzene ring substituents is 1. The van der Waals surface area contributed by atoms with Gasteiger partial charge in [-0.05, 0) is 25.3 Å². The molecule has 1 atom stereocenters. The lowest BCUT2D eigenvalue weighted by Gasteiger charge is -2.35. The van der Waals surface area contributed by atoms with Gasteiger partial charge in [0.2, 0.25) is 5.91 Å². The fraction of sp³-hybridized carbons (Fsp3) is 0.462. The smallest absolute Gasteiger partial charge is 0.273 e. The predicted molar refractivity (Wildman–Crippen MR) is 76.8 cm³/mol. The molecule has 1 aromatic carbocycles. The van der Waals surface area contributed by atoms with Crippen molar-refractivity contribution in [3.63, 3.8) is 0 Å². The molecular formula is C13H18N4O3. The fourth-order valence-corrected chi connectivity index (χ4v) is 2.55. The van der Waals surface area contributed by atoms with Crippen molar-refractivity contribution in [2.45, 2.75) is 25.3 Å². The summed E-state index contributed by atoms with van der Waals surface area (Å²) in [7, 11) is 1.70. The van der Waals surface area contributed by atoms with Crippen LogP contribution in [0.5, 0.6) is 0 Å². The Morgan fingerprint density at radius 2 is 2.20 bits per heavy atom. The number of hydrogen-bond donors (Lipinski definition) is 2. The lowest BCUT2D eigenvalue weighted by atomic mass is 10.0. The molecule has 1 saturated heterocycles. The molecule has 0 bridgehead atoms. The van der Waals surface area contributed by atoms with Crippen LogP contribution < -0.4 is 16.0 Å². The zero-order valence-electron chi connectivity index (χ0n) is 11.3. The van der Waals surface area contributed by atoms with Gasteiger partial charge in [0.1, 0.15) is 6.04 Å². The first kappa shape index (κ1) is 14.1. The van der Waals surface area contributed by atoms with Crippen LogP contribution in [0.4, 0.5) is 17.1 Å². The zero-order valence-corrected chi connectivity index (χ0v) is 11.3. The van der Waals surface area contributed by atoms with Crippen molar-refractivity contribution in [1.82, 2.24) is 0 Å². The maximum Gasteiger partial charge on any atom is 0.273 e. The Hall–Kier alpha value is -2.31. The molecule has 2 rings (SSSR count). The van der Waals surface area contributed by atoms with E-state index in [0.717, 1.165) is 12.8 Å². The van der Waals surface area contributed by atoms with Crippen molar-refractivity contribution in [2.75, 3.05) is 23.8 Å². The summed E-state index contributed by atoms with van der Waals surface area (Å²) < 4.78 is 0. The number of nitrogens with zero attached hydrogens (tertiary/aromatic N) is 2. The molecule has 20 heavy (non-hydrogen) atoms. The Morgan fingerprint density at radius 3 is 2.80 bits per heavy atom. The Morgan fingerprint density at radius 1 is 1.45 bits per heavy atom. The summed E-state index contributed by atoms with van der Waals surface area (Å²) in [6, 6.07) is 4.36. The van der Waals surface area contributed by atoms with E-state index in [9.17, 15) is 14.9 Å². The van der Waals surface area contributed by atoms with Crippen LogP contribution in [0.2, 0.25) is 0 Å². The largest absolute Gasteiger partial charge is 0.388 e. The van der Waals surface area contributed by atoms with Gasteiger partial charge in [0.15, 0.2) is 0 Å². The number of benzene rings is 1. The number of rotatable bonds is 4. The highest BCUT2D eigenvalue weighted by Gasteiger charge is 2.28. The van der Waals surface area contributed by atoms with Crippen molar-refractivity contribution >= 4 is 23.0 Å². The van der Waals surface area contributed by atoms with Crippen molar-refractivity contribution in [1.29, 1.82) is 0 Å². The maximum absolute atomic E-state index is 11.5. The maximum atomic E-state index is 11.5. The molecule has 108 valence electrons. The fourth-order valence-electron chi connectivity index (χ4n) is 2.55. The molecule has 7 nitrogen and oxygen atoms in total. The third-order valence-corrected chi connectivity index (χ3v) is 3.56. The lowest BCUT2D eigenvalue weighted by molar-refractivity contribution is -0.384. The van der Waals surface area contributed by atoms with Crippen molar-refractivity contribution in [3.05, 3.63) is 28.3 Å². The van der Waals surface area contributed by atoms with Gasteiger partial charge in [-0.2, -0.15) is 0 Å². The molecule has 1 aliphatic rings. The van der Waals surface area contributed by atoms with Crippen LogP contribution in [0.1, 0.15) is 19.3 Å². The Balaban J connectivity index is 2.41. The van der Waals surface area contributed by atoms with Crippen LogP contribution in [-0.4, -0.2) is 30.5 Å². The minimum Gasteiger partial charge on any atom is -0.388 e. The quantitative estimate of drug-likeness (QED) is 0.641. The minimum atomic E-state index is -0.437. The van der Waals surface area contributed by atoms with Crippen LogP contribution in [0.15, 0.2) is 18.2 Å². The highest BCUT2D eigenvalue weighted by molar-refractivity contribution is 5.84. The number of nitrogens with one attached hydrogen (secondary N) is 1. The Labute approximate surface area is 116 Å². The first-order valence-corrected chi connectivity index (χ1v) is 6.56. The number of non-ortho nitro benzene ring substituents is 1. The standard InChI is InChI=1S/C13H18N4O3/c1-15-9-6-10(8-11(7-9)17(19)20)16-5-3-2-4-12(16)13(14)18/h6-8,12,15H,2-5H2,1H3,(H2,14,18). The number of nitrogens with two attached hydrogens (primary N) is 1. The second-order valence-electron chi connectivity index (χ2n) is 4.85. The first-order valence-electron chi connectivity index (χ1n) is 6.56.